The molecule has 1 atom stereocenters. The van der Waals surface area contributed by atoms with E-state index in [1.165, 1.54) is 18.2 Å². The third-order valence-electron chi connectivity index (χ3n) is 3.39. The molecule has 0 bridgehead atoms. The van der Waals surface area contributed by atoms with Gasteiger partial charge in [-0.3, -0.25) is 0 Å². The first kappa shape index (κ1) is 18.6. The van der Waals surface area contributed by atoms with Crippen LogP contribution in [0.1, 0.15) is 24.2 Å². The molecule has 0 saturated heterocycles. The molecule has 1 aromatic carbocycles. The van der Waals surface area contributed by atoms with Crippen LogP contribution in [0.2, 0.25) is 5.02 Å². The van der Waals surface area contributed by atoms with Crippen LogP contribution in [0.5, 0.6) is 5.75 Å². The third kappa shape index (κ3) is 4.42. The van der Waals surface area contributed by atoms with Crippen molar-refractivity contribution in [3.05, 3.63) is 40.1 Å². The van der Waals surface area contributed by atoms with E-state index in [-0.39, 0.29) is 40.8 Å². The number of esters is 2. The summed E-state index contributed by atoms with van der Waals surface area (Å²) in [5, 5.41) is 14.9. The summed E-state index contributed by atoms with van der Waals surface area (Å²) in [6.07, 6.45) is 0. The maximum Gasteiger partial charge on any atom is 0.342 e. The minimum atomic E-state index is -0.851. The van der Waals surface area contributed by atoms with Gasteiger partial charge in [0, 0.05) is 5.02 Å². The Hall–Kier alpha value is -2.74. The largest absolute Gasteiger partial charge is 0.507 e. The highest BCUT2D eigenvalue weighted by Crippen LogP contribution is 2.23. The van der Waals surface area contributed by atoms with Gasteiger partial charge in [-0.1, -0.05) is 11.6 Å². The van der Waals surface area contributed by atoms with Gasteiger partial charge in [-0.25, -0.2) is 14.4 Å². The van der Waals surface area contributed by atoms with Gasteiger partial charge in [-0.15, -0.1) is 0 Å². The molecule has 0 aromatic heterocycles. The number of benzene rings is 1. The summed E-state index contributed by atoms with van der Waals surface area (Å²) in [6.45, 7) is 3.04. The molecular weight excluding hydrogens is 352 g/mol. The Morgan fingerprint density at radius 2 is 2.00 bits per heavy atom. The lowest BCUT2D eigenvalue weighted by Gasteiger charge is -2.26. The Labute approximate surface area is 148 Å². The number of hydrogen-bond acceptors (Lipinski definition) is 6. The van der Waals surface area contributed by atoms with Crippen LogP contribution in [0, 0.1) is 0 Å². The first-order chi connectivity index (χ1) is 11.8. The molecule has 0 radical (unpaired) electrons. The molecule has 9 heteroatoms. The van der Waals surface area contributed by atoms with Crippen LogP contribution in [0.25, 0.3) is 0 Å². The summed E-state index contributed by atoms with van der Waals surface area (Å²) in [4.78, 5) is 35.8. The van der Waals surface area contributed by atoms with Gasteiger partial charge in [0.05, 0.1) is 23.9 Å². The second-order valence-electron chi connectivity index (χ2n) is 5.17. The Morgan fingerprint density at radius 3 is 2.68 bits per heavy atom. The van der Waals surface area contributed by atoms with Crippen molar-refractivity contribution in [2.24, 2.45) is 0 Å². The SMILES string of the molecule is CCOC(=O)C1=C(COC(=O)c2cc(Cl)ccc2O)NC(=O)N[C@@H]1C. The van der Waals surface area contributed by atoms with E-state index in [9.17, 15) is 19.5 Å². The number of phenols is 1. The summed E-state index contributed by atoms with van der Waals surface area (Å²) >= 11 is 5.79. The van der Waals surface area contributed by atoms with Gasteiger partial charge in [0.25, 0.3) is 0 Å². The number of urea groups is 1. The van der Waals surface area contributed by atoms with Crippen LogP contribution in [-0.4, -0.2) is 42.3 Å². The zero-order valence-electron chi connectivity index (χ0n) is 13.6. The molecule has 1 aromatic rings. The highest BCUT2D eigenvalue weighted by atomic mass is 35.5. The molecule has 25 heavy (non-hydrogen) atoms. The van der Waals surface area contributed by atoms with E-state index in [0.29, 0.717) is 0 Å². The van der Waals surface area contributed by atoms with Crippen molar-refractivity contribution in [1.82, 2.24) is 10.6 Å². The van der Waals surface area contributed by atoms with Crippen LogP contribution in [0.3, 0.4) is 0 Å². The number of carbonyl (C=O) groups excluding carboxylic acids is 3. The number of hydrogen-bond donors (Lipinski definition) is 3. The standard InChI is InChI=1S/C16H17ClN2O6/c1-3-24-15(22)13-8(2)18-16(23)19-11(13)7-25-14(21)10-6-9(17)4-5-12(10)20/h4-6,8,20H,3,7H2,1-2H3,(H2,18,19,23)/t8-/m1/s1. The molecule has 0 fully saturated rings. The lowest BCUT2D eigenvalue weighted by atomic mass is 10.0. The fourth-order valence-electron chi connectivity index (χ4n) is 2.28. The first-order valence-corrected chi connectivity index (χ1v) is 7.84. The average Bonchev–Trinajstić information content (AvgIpc) is 2.54. The number of halogens is 1. The maximum absolute atomic E-state index is 12.1. The van der Waals surface area contributed by atoms with Crippen LogP contribution in [0.15, 0.2) is 29.5 Å². The van der Waals surface area contributed by atoms with Gasteiger partial charge in [0.2, 0.25) is 0 Å². The molecule has 0 spiro atoms. The van der Waals surface area contributed by atoms with Gasteiger partial charge in [0.1, 0.15) is 17.9 Å². The van der Waals surface area contributed by atoms with Crippen molar-refractivity contribution in [1.29, 1.82) is 0 Å². The molecule has 1 aliphatic rings. The fourth-order valence-corrected chi connectivity index (χ4v) is 2.45. The molecule has 0 aliphatic carbocycles. The van der Waals surface area contributed by atoms with E-state index in [1.54, 1.807) is 13.8 Å². The number of carbonyl (C=O) groups is 3. The second-order valence-corrected chi connectivity index (χ2v) is 5.61. The van der Waals surface area contributed by atoms with E-state index in [0.717, 1.165) is 0 Å². The number of nitrogens with one attached hydrogen (secondary N) is 2. The predicted octanol–water partition coefficient (Wildman–Crippen LogP) is 1.72. The van der Waals surface area contributed by atoms with Crippen LogP contribution < -0.4 is 10.6 Å². The van der Waals surface area contributed by atoms with E-state index < -0.39 is 24.0 Å². The highest BCUT2D eigenvalue weighted by molar-refractivity contribution is 6.31. The van der Waals surface area contributed by atoms with Crippen molar-refractivity contribution in [3.63, 3.8) is 0 Å². The lowest BCUT2D eigenvalue weighted by Crippen LogP contribution is -2.50. The number of amides is 2. The second kappa shape index (κ2) is 7.89. The molecule has 1 heterocycles. The number of ether oxygens (including phenoxy) is 2. The number of aromatic hydroxyl groups is 1. The summed E-state index contributed by atoms with van der Waals surface area (Å²) in [7, 11) is 0. The smallest absolute Gasteiger partial charge is 0.342 e. The maximum atomic E-state index is 12.1. The molecule has 134 valence electrons. The Morgan fingerprint density at radius 1 is 1.28 bits per heavy atom. The Balaban J connectivity index is 2.21. The van der Waals surface area contributed by atoms with Crippen molar-refractivity contribution < 1.29 is 29.0 Å². The predicted molar refractivity (Wildman–Crippen MR) is 88.2 cm³/mol. The topological polar surface area (TPSA) is 114 Å². The van der Waals surface area contributed by atoms with Crippen LogP contribution >= 0.6 is 11.6 Å². The lowest BCUT2D eigenvalue weighted by molar-refractivity contribution is -0.139. The normalized spacial score (nSPS) is 16.8. The number of phenolic OH excluding ortho intramolecular Hbond substituents is 1. The molecule has 1 aliphatic heterocycles. The quantitative estimate of drug-likeness (QED) is 0.682. The van der Waals surface area contributed by atoms with Gasteiger partial charge in [-0.05, 0) is 32.0 Å². The summed E-state index contributed by atoms with van der Waals surface area (Å²) in [6, 6.07) is 2.79. The number of rotatable bonds is 5. The summed E-state index contributed by atoms with van der Waals surface area (Å²) in [5.74, 6) is -1.77. The van der Waals surface area contributed by atoms with Gasteiger partial charge in [-0.2, -0.15) is 0 Å². The van der Waals surface area contributed by atoms with Gasteiger partial charge < -0.3 is 25.2 Å². The zero-order chi connectivity index (χ0) is 18.6. The minimum Gasteiger partial charge on any atom is -0.507 e. The third-order valence-corrected chi connectivity index (χ3v) is 3.63. The molecule has 0 saturated carbocycles. The van der Waals surface area contributed by atoms with Crippen LogP contribution in [0.4, 0.5) is 4.79 Å². The van der Waals surface area contributed by atoms with Gasteiger partial charge >= 0.3 is 18.0 Å². The average molecular weight is 369 g/mol. The molecule has 8 nitrogen and oxygen atoms in total. The molecule has 2 amide bonds. The monoisotopic (exact) mass is 368 g/mol. The van der Waals surface area contributed by atoms with E-state index in [4.69, 9.17) is 21.1 Å². The first-order valence-electron chi connectivity index (χ1n) is 7.46. The molecule has 3 N–H and O–H groups in total. The zero-order valence-corrected chi connectivity index (χ0v) is 14.3. The summed E-state index contributed by atoms with van der Waals surface area (Å²) < 4.78 is 10.1. The van der Waals surface area contributed by atoms with Crippen molar-refractivity contribution in [2.45, 2.75) is 19.9 Å². The summed E-state index contributed by atoms with van der Waals surface area (Å²) in [5.41, 5.74) is 0.147. The van der Waals surface area contributed by atoms with E-state index in [2.05, 4.69) is 10.6 Å². The molecule has 2 rings (SSSR count). The molecular formula is C16H17ClN2O6. The van der Waals surface area contributed by atoms with Crippen molar-refractivity contribution in [2.75, 3.05) is 13.2 Å². The Bertz CT molecular complexity index is 746. The van der Waals surface area contributed by atoms with E-state index >= 15 is 0 Å². The van der Waals surface area contributed by atoms with Crippen molar-refractivity contribution in [3.8, 4) is 5.75 Å². The van der Waals surface area contributed by atoms with E-state index in [1.807, 2.05) is 0 Å². The highest BCUT2D eigenvalue weighted by Gasteiger charge is 2.30. The Kier molecular flexibility index (Phi) is 5.87. The fraction of sp³-hybridized carbons (Fsp3) is 0.312. The van der Waals surface area contributed by atoms with Crippen molar-refractivity contribution >= 4 is 29.6 Å². The van der Waals surface area contributed by atoms with Crippen LogP contribution in [-0.2, 0) is 14.3 Å². The molecule has 0 unspecified atom stereocenters. The van der Waals surface area contributed by atoms with Gasteiger partial charge in [0.15, 0.2) is 0 Å². The minimum absolute atomic E-state index is 0.115.